The van der Waals surface area contributed by atoms with Gasteiger partial charge >= 0.3 is 6.09 Å². The lowest BCUT2D eigenvalue weighted by molar-refractivity contribution is -0.142. The Hall–Kier alpha value is -5.32. The molecular formula is C42H54N8O8S. The average Bonchev–Trinajstić information content (AvgIpc) is 4.08. The number of benzene rings is 2. The first kappa shape index (κ1) is 41.8. The maximum absolute atomic E-state index is 14.7. The van der Waals surface area contributed by atoms with Crippen LogP contribution in [-0.2, 0) is 42.0 Å². The van der Waals surface area contributed by atoms with Gasteiger partial charge in [0, 0.05) is 18.4 Å². The third kappa shape index (κ3) is 9.29. The highest BCUT2D eigenvalue weighted by atomic mass is 32.2. The number of hydrogen-bond donors (Lipinski definition) is 3. The molecule has 3 N–H and O–H groups in total. The molecule has 7 rings (SSSR count). The van der Waals surface area contributed by atoms with Crippen molar-refractivity contribution in [1.29, 1.82) is 0 Å². The second kappa shape index (κ2) is 16.7. The third-order valence-corrected chi connectivity index (χ3v) is 13.8. The Balaban J connectivity index is 1.20. The summed E-state index contributed by atoms with van der Waals surface area (Å²) in [6.07, 6.45) is 5.68. The summed E-state index contributed by atoms with van der Waals surface area (Å²) in [7, 11) is -2.28. The molecule has 59 heavy (non-hydrogen) atoms. The zero-order valence-electron chi connectivity index (χ0n) is 34.1. The van der Waals surface area contributed by atoms with Crippen LogP contribution >= 0.6 is 0 Å². The molecule has 6 atom stereocenters. The Morgan fingerprint density at radius 1 is 1.10 bits per heavy atom. The Kier molecular flexibility index (Phi) is 11.9. The van der Waals surface area contributed by atoms with Gasteiger partial charge in [-0.25, -0.2) is 13.2 Å². The number of sulfonamides is 1. The first-order valence-corrected chi connectivity index (χ1v) is 21.9. The van der Waals surface area contributed by atoms with Crippen LogP contribution in [0.25, 0.3) is 5.69 Å². The van der Waals surface area contributed by atoms with Crippen molar-refractivity contribution in [2.75, 3.05) is 20.3 Å². The summed E-state index contributed by atoms with van der Waals surface area (Å²) < 4.78 is 39.2. The van der Waals surface area contributed by atoms with Crippen LogP contribution in [0.5, 0.6) is 5.75 Å². The summed E-state index contributed by atoms with van der Waals surface area (Å²) in [6.45, 7) is 9.35. The van der Waals surface area contributed by atoms with Gasteiger partial charge < -0.3 is 25.0 Å². The average molecular weight is 831 g/mol. The largest absolute Gasteiger partial charge is 0.496 e. The molecule has 4 amide bonds. The number of fused-ring (bicyclic) bond motifs is 8. The molecule has 2 aliphatic carbocycles. The van der Waals surface area contributed by atoms with Crippen molar-refractivity contribution in [3.63, 3.8) is 0 Å². The zero-order chi connectivity index (χ0) is 42.1. The number of hydrogen-bond acceptors (Lipinski definition) is 11. The molecule has 6 bridgehead atoms. The fraction of sp³-hybridized carbons (Fsp3) is 0.548. The first-order chi connectivity index (χ1) is 28.1. The minimum Gasteiger partial charge on any atom is -0.496 e. The standard InChI is InChI=1S/C42H54N8O8S/c1-6-30-24-42(30,39(53)47-59(55,56)32-16-17-32)44-37(51)33-23-29-25-49(33)38(52)35(41(2,3)4)43-40(54)58-20-19-27(21-26-11-8-7-9-12-26)13-10-14-28-22-31(15-18-34(28)57-5)50-46-36(29)45-48-50/h6-9,11-12,15,18,22,27,29-30,32-33,35H,1,10,13-14,16-17,19-21,23-25H2,2-5H3,(H,43,54)(H,44,51)(H,47,53)/t27?,29-,30-,33+,35-,42-/m1/s1. The van der Waals surface area contributed by atoms with Crippen molar-refractivity contribution in [1.82, 2.24) is 40.5 Å². The Bertz CT molecular complexity index is 2190. The summed E-state index contributed by atoms with van der Waals surface area (Å²) in [5.41, 5.74) is 0.432. The van der Waals surface area contributed by atoms with Crippen LogP contribution in [0.4, 0.5) is 4.79 Å². The van der Waals surface area contributed by atoms with E-state index in [2.05, 4.69) is 44.4 Å². The van der Waals surface area contributed by atoms with E-state index in [4.69, 9.17) is 14.6 Å². The van der Waals surface area contributed by atoms with Crippen LogP contribution in [0.3, 0.4) is 0 Å². The summed E-state index contributed by atoms with van der Waals surface area (Å²) in [6, 6.07) is 13.6. The number of amides is 4. The molecule has 2 aliphatic heterocycles. The molecule has 2 saturated carbocycles. The van der Waals surface area contributed by atoms with E-state index >= 15 is 0 Å². The van der Waals surface area contributed by atoms with Crippen LogP contribution < -0.4 is 20.1 Å². The van der Waals surface area contributed by atoms with Gasteiger partial charge in [-0.3, -0.25) is 19.1 Å². The highest BCUT2D eigenvalue weighted by molar-refractivity contribution is 7.91. The summed E-state index contributed by atoms with van der Waals surface area (Å²) in [4.78, 5) is 59.0. The smallest absolute Gasteiger partial charge is 0.407 e. The van der Waals surface area contributed by atoms with E-state index in [0.717, 1.165) is 30.6 Å². The van der Waals surface area contributed by atoms with Gasteiger partial charge in [0.05, 0.1) is 24.7 Å². The van der Waals surface area contributed by atoms with Crippen LogP contribution in [0.15, 0.2) is 61.2 Å². The quantitative estimate of drug-likeness (QED) is 0.265. The molecule has 3 fully saturated rings. The van der Waals surface area contributed by atoms with Crippen molar-refractivity contribution in [2.24, 2.45) is 17.3 Å². The van der Waals surface area contributed by atoms with E-state index in [9.17, 15) is 27.6 Å². The van der Waals surface area contributed by atoms with Gasteiger partial charge in [0.1, 0.15) is 23.4 Å². The number of carbonyl (C=O) groups is 4. The fourth-order valence-electron chi connectivity index (χ4n) is 8.29. The lowest BCUT2D eigenvalue weighted by Crippen LogP contribution is -2.60. The van der Waals surface area contributed by atoms with Gasteiger partial charge in [-0.2, -0.15) is 0 Å². The van der Waals surface area contributed by atoms with Crippen molar-refractivity contribution < 1.29 is 37.1 Å². The third-order valence-electron chi connectivity index (χ3n) is 12.0. The van der Waals surface area contributed by atoms with Gasteiger partial charge in [0.15, 0.2) is 5.82 Å². The van der Waals surface area contributed by atoms with E-state index in [1.165, 1.54) is 21.3 Å². The number of alkyl carbamates (subject to hydrolysis) is 1. The van der Waals surface area contributed by atoms with Gasteiger partial charge in [0.25, 0.3) is 5.91 Å². The minimum absolute atomic E-state index is 0.00108. The lowest BCUT2D eigenvalue weighted by Gasteiger charge is -2.35. The summed E-state index contributed by atoms with van der Waals surface area (Å²) in [5.74, 6) is -1.90. The topological polar surface area (TPSA) is 204 Å². The highest BCUT2D eigenvalue weighted by Gasteiger charge is 2.62. The first-order valence-electron chi connectivity index (χ1n) is 20.4. The number of nitrogens with one attached hydrogen (secondary N) is 3. The molecule has 316 valence electrons. The molecular weight excluding hydrogens is 777 g/mol. The normalized spacial score (nSPS) is 26.5. The second-order valence-electron chi connectivity index (χ2n) is 17.4. The minimum atomic E-state index is -3.91. The zero-order valence-corrected chi connectivity index (χ0v) is 34.9. The van der Waals surface area contributed by atoms with E-state index in [1.54, 1.807) is 7.11 Å². The van der Waals surface area contributed by atoms with E-state index in [-0.39, 0.29) is 31.9 Å². The second-order valence-corrected chi connectivity index (χ2v) is 19.3. The van der Waals surface area contributed by atoms with Crippen molar-refractivity contribution >= 4 is 33.8 Å². The van der Waals surface area contributed by atoms with Crippen molar-refractivity contribution in [3.8, 4) is 11.4 Å². The molecule has 0 spiro atoms. The molecule has 3 aromatic rings. The monoisotopic (exact) mass is 830 g/mol. The Morgan fingerprint density at radius 3 is 2.54 bits per heavy atom. The molecule has 1 unspecified atom stereocenters. The van der Waals surface area contributed by atoms with Gasteiger partial charge in [-0.1, -0.05) is 57.2 Å². The predicted octanol–water partition coefficient (Wildman–Crippen LogP) is 3.75. The highest BCUT2D eigenvalue weighted by Crippen LogP contribution is 2.46. The van der Waals surface area contributed by atoms with Gasteiger partial charge in [-0.05, 0) is 104 Å². The van der Waals surface area contributed by atoms with Crippen LogP contribution in [0.2, 0.25) is 0 Å². The number of aromatic nitrogens is 4. The number of rotatable bonds is 9. The lowest BCUT2D eigenvalue weighted by atomic mass is 9.85. The molecule has 3 heterocycles. The number of ether oxygens (including phenoxy) is 2. The molecule has 1 aromatic heterocycles. The number of methoxy groups -OCH3 is 1. The molecule has 0 radical (unpaired) electrons. The van der Waals surface area contributed by atoms with Crippen LogP contribution in [0, 0.1) is 17.3 Å². The summed E-state index contributed by atoms with van der Waals surface area (Å²) in [5, 5.41) is 18.4. The number of aryl methyl sites for hydroxylation is 1. The maximum atomic E-state index is 14.7. The Morgan fingerprint density at radius 2 is 1.86 bits per heavy atom. The van der Waals surface area contributed by atoms with E-state index < -0.39 is 74.0 Å². The SMILES string of the molecule is C=C[C@@H]1C[C@]1(NC(=O)[C@@H]1C[C@@H]2CN1C(=O)[C@H](C(C)(C)C)NC(=O)OCCC(Cc1ccccc1)CCCc1cc(ccc1OC)-n1nnc2n1)C(=O)NS(=O)(=O)C1CC1. The maximum Gasteiger partial charge on any atom is 0.407 e. The van der Waals surface area contributed by atoms with Crippen molar-refractivity contribution in [2.45, 2.75) is 107 Å². The molecule has 16 nitrogen and oxygen atoms in total. The van der Waals surface area contributed by atoms with Crippen LogP contribution in [0.1, 0.15) is 88.6 Å². The van der Waals surface area contributed by atoms with E-state index in [1.807, 2.05) is 57.2 Å². The predicted molar refractivity (Wildman–Crippen MR) is 217 cm³/mol. The molecule has 1 saturated heterocycles. The van der Waals surface area contributed by atoms with Crippen LogP contribution in [-0.4, -0.2) is 100 Å². The number of cyclic esters (lactones) is 1. The molecule has 17 heteroatoms. The summed E-state index contributed by atoms with van der Waals surface area (Å²) >= 11 is 0. The Labute approximate surface area is 344 Å². The molecule has 4 aliphatic rings. The van der Waals surface area contributed by atoms with Gasteiger partial charge in [0.2, 0.25) is 21.8 Å². The number of nitrogens with zero attached hydrogens (tertiary/aromatic N) is 5. The van der Waals surface area contributed by atoms with E-state index in [0.29, 0.717) is 37.2 Å². The van der Waals surface area contributed by atoms with Gasteiger partial charge in [-0.15, -0.1) is 21.6 Å². The number of carbonyl (C=O) groups excluding carboxylic acids is 4. The molecule has 2 aromatic carbocycles. The fourth-order valence-corrected chi connectivity index (χ4v) is 9.65. The number of tetrazole rings is 1. The van der Waals surface area contributed by atoms with Crippen molar-refractivity contribution in [3.05, 3.63) is 78.1 Å².